The number of rotatable bonds is 6. The number of aromatic amines is 1. The predicted octanol–water partition coefficient (Wildman–Crippen LogP) is 4.30. The Hall–Kier alpha value is -2.86. The molecule has 1 amide bonds. The van der Waals surface area contributed by atoms with Crippen LogP contribution in [0.3, 0.4) is 0 Å². The fraction of sp³-hybridized carbons (Fsp3) is 0.318. The molecule has 2 N–H and O–H groups in total. The highest BCUT2D eigenvalue weighted by Gasteiger charge is 2.27. The van der Waals surface area contributed by atoms with E-state index < -0.39 is 0 Å². The fourth-order valence-corrected chi connectivity index (χ4v) is 3.95. The molecule has 0 bridgehead atoms. The predicted molar refractivity (Wildman–Crippen MR) is 115 cm³/mol. The highest BCUT2D eigenvalue weighted by atomic mass is 35.5. The minimum Gasteiger partial charge on any atom is -0.384 e. The second kappa shape index (κ2) is 8.66. The molecule has 0 spiro atoms. The average Bonchev–Trinajstić information content (AvgIpc) is 3.18. The third-order valence-electron chi connectivity index (χ3n) is 5.34. The second-order valence-corrected chi connectivity index (χ2v) is 7.58. The number of H-pyrrole nitrogens is 1. The third kappa shape index (κ3) is 4.43. The molecular formula is C22H24ClN5O. The molecule has 6 nitrogen and oxygen atoms in total. The summed E-state index contributed by atoms with van der Waals surface area (Å²) < 4.78 is 0. The first kappa shape index (κ1) is 19.5. The molecule has 2 aromatic heterocycles. The Labute approximate surface area is 175 Å². The summed E-state index contributed by atoms with van der Waals surface area (Å²) in [5.74, 6) is 0.0565. The Morgan fingerprint density at radius 2 is 2.10 bits per heavy atom. The number of amides is 1. The van der Waals surface area contributed by atoms with E-state index in [0.29, 0.717) is 18.8 Å². The van der Waals surface area contributed by atoms with Gasteiger partial charge in [-0.3, -0.25) is 4.79 Å². The normalized spacial score (nSPS) is 16.5. The second-order valence-electron chi connectivity index (χ2n) is 7.24. The van der Waals surface area contributed by atoms with Gasteiger partial charge in [-0.25, -0.2) is 9.97 Å². The van der Waals surface area contributed by atoms with Crippen LogP contribution in [0.25, 0.3) is 10.9 Å². The van der Waals surface area contributed by atoms with Gasteiger partial charge in [0.2, 0.25) is 5.28 Å². The van der Waals surface area contributed by atoms with Gasteiger partial charge in [0.1, 0.15) is 5.69 Å². The van der Waals surface area contributed by atoms with Gasteiger partial charge in [-0.15, -0.1) is 0 Å². The SMILES string of the molecule is CCN(C(=O)c1cc2ccccc2[nH]1)[C@H]1CCC=C(NCc2cnc(Cl)nc2)C1. The van der Waals surface area contributed by atoms with Crippen LogP contribution in [0.2, 0.25) is 5.28 Å². The summed E-state index contributed by atoms with van der Waals surface area (Å²) in [6, 6.07) is 10.1. The van der Waals surface area contributed by atoms with Gasteiger partial charge in [0.25, 0.3) is 5.91 Å². The van der Waals surface area contributed by atoms with Gasteiger partial charge in [-0.1, -0.05) is 24.3 Å². The fourth-order valence-electron chi connectivity index (χ4n) is 3.86. The number of fused-ring (bicyclic) bond motifs is 1. The van der Waals surface area contributed by atoms with Crippen LogP contribution in [-0.2, 0) is 6.54 Å². The van der Waals surface area contributed by atoms with Gasteiger partial charge in [0.05, 0.1) is 0 Å². The van der Waals surface area contributed by atoms with E-state index in [9.17, 15) is 4.79 Å². The van der Waals surface area contributed by atoms with Crippen molar-refractivity contribution in [3.63, 3.8) is 0 Å². The summed E-state index contributed by atoms with van der Waals surface area (Å²) in [7, 11) is 0. The van der Waals surface area contributed by atoms with Gasteiger partial charge in [0.15, 0.2) is 0 Å². The maximum atomic E-state index is 13.2. The zero-order chi connectivity index (χ0) is 20.2. The molecule has 0 unspecified atom stereocenters. The van der Waals surface area contributed by atoms with E-state index in [0.717, 1.165) is 41.4 Å². The Morgan fingerprint density at radius 3 is 2.86 bits per heavy atom. The first-order valence-electron chi connectivity index (χ1n) is 9.92. The summed E-state index contributed by atoms with van der Waals surface area (Å²) in [6.45, 7) is 3.35. The van der Waals surface area contributed by atoms with Gasteiger partial charge < -0.3 is 15.2 Å². The topological polar surface area (TPSA) is 73.9 Å². The van der Waals surface area contributed by atoms with Crippen molar-refractivity contribution >= 4 is 28.4 Å². The van der Waals surface area contributed by atoms with Crippen molar-refractivity contribution in [2.75, 3.05) is 6.54 Å². The zero-order valence-corrected chi connectivity index (χ0v) is 17.1. The summed E-state index contributed by atoms with van der Waals surface area (Å²) in [6.07, 6.45) is 8.39. The van der Waals surface area contributed by atoms with Crippen LogP contribution in [0, 0.1) is 0 Å². The van der Waals surface area contributed by atoms with Gasteiger partial charge in [0, 0.05) is 60.1 Å². The molecule has 0 saturated carbocycles. The Kier molecular flexibility index (Phi) is 5.81. The minimum atomic E-state index is 0.0565. The zero-order valence-electron chi connectivity index (χ0n) is 16.4. The van der Waals surface area contributed by atoms with E-state index in [1.165, 1.54) is 0 Å². The largest absolute Gasteiger partial charge is 0.384 e. The number of hydrogen-bond donors (Lipinski definition) is 2. The number of hydrogen-bond acceptors (Lipinski definition) is 4. The first-order valence-corrected chi connectivity index (χ1v) is 10.3. The molecule has 1 aliphatic rings. The molecule has 0 saturated heterocycles. The number of benzene rings is 1. The standard InChI is InChI=1S/C22H24ClN5O/c1-2-28(21(29)20-10-16-6-3-4-9-19(16)27-20)18-8-5-7-17(11-18)24-12-15-13-25-22(23)26-14-15/h3-4,6-7,9-10,13-14,18,24,27H,2,5,8,11-12H2,1H3/t18-/m0/s1. The molecule has 1 aromatic carbocycles. The highest BCUT2D eigenvalue weighted by Crippen LogP contribution is 2.24. The smallest absolute Gasteiger partial charge is 0.270 e. The molecule has 2 heterocycles. The Bertz CT molecular complexity index is 994. The lowest BCUT2D eigenvalue weighted by Gasteiger charge is -2.33. The van der Waals surface area contributed by atoms with Crippen LogP contribution in [0.1, 0.15) is 42.2 Å². The van der Waals surface area contributed by atoms with Crippen molar-refractivity contribution in [2.24, 2.45) is 0 Å². The lowest BCUT2D eigenvalue weighted by Crippen LogP contribution is -2.42. The number of nitrogens with zero attached hydrogens (tertiary/aromatic N) is 3. The number of halogens is 1. The van der Waals surface area contributed by atoms with E-state index in [4.69, 9.17) is 11.6 Å². The molecule has 7 heteroatoms. The number of nitrogens with one attached hydrogen (secondary N) is 2. The van der Waals surface area contributed by atoms with Crippen LogP contribution in [0.15, 0.2) is 54.5 Å². The Morgan fingerprint density at radius 1 is 1.31 bits per heavy atom. The molecule has 0 fully saturated rings. The number of allylic oxidation sites excluding steroid dienone is 1. The van der Waals surface area contributed by atoms with Gasteiger partial charge in [-0.2, -0.15) is 0 Å². The van der Waals surface area contributed by atoms with Crippen LogP contribution in [0.4, 0.5) is 0 Å². The van der Waals surface area contributed by atoms with E-state index in [1.807, 2.05) is 42.2 Å². The van der Waals surface area contributed by atoms with Crippen LogP contribution >= 0.6 is 11.6 Å². The van der Waals surface area contributed by atoms with Gasteiger partial charge in [-0.05, 0) is 43.5 Å². The van der Waals surface area contributed by atoms with Gasteiger partial charge >= 0.3 is 0 Å². The van der Waals surface area contributed by atoms with E-state index >= 15 is 0 Å². The summed E-state index contributed by atoms with van der Waals surface area (Å²) in [4.78, 5) is 26.5. The average molecular weight is 410 g/mol. The lowest BCUT2D eigenvalue weighted by atomic mass is 9.97. The van der Waals surface area contributed by atoms with E-state index in [-0.39, 0.29) is 17.2 Å². The third-order valence-corrected chi connectivity index (χ3v) is 5.54. The molecule has 4 rings (SSSR count). The Balaban J connectivity index is 1.42. The quantitative estimate of drug-likeness (QED) is 0.595. The van der Waals surface area contributed by atoms with Crippen molar-refractivity contribution in [3.05, 3.63) is 71.0 Å². The lowest BCUT2D eigenvalue weighted by molar-refractivity contribution is 0.0669. The molecule has 0 aliphatic heterocycles. The van der Waals surface area contributed by atoms with Crippen molar-refractivity contribution in [1.29, 1.82) is 0 Å². The molecule has 150 valence electrons. The summed E-state index contributed by atoms with van der Waals surface area (Å²) in [5.41, 5.74) is 3.76. The monoisotopic (exact) mass is 409 g/mol. The molecular weight excluding hydrogens is 386 g/mol. The minimum absolute atomic E-state index is 0.0565. The van der Waals surface area contributed by atoms with Crippen molar-refractivity contribution in [1.82, 2.24) is 25.2 Å². The van der Waals surface area contributed by atoms with Crippen molar-refractivity contribution in [3.8, 4) is 0 Å². The number of para-hydroxylation sites is 1. The summed E-state index contributed by atoms with van der Waals surface area (Å²) in [5, 5.41) is 4.77. The van der Waals surface area contributed by atoms with Crippen LogP contribution in [0.5, 0.6) is 0 Å². The van der Waals surface area contributed by atoms with E-state index in [2.05, 4.69) is 26.3 Å². The number of carbonyl (C=O) groups is 1. The molecule has 1 aliphatic carbocycles. The number of aromatic nitrogens is 3. The van der Waals surface area contributed by atoms with Crippen molar-refractivity contribution < 1.29 is 4.79 Å². The molecule has 3 aromatic rings. The maximum absolute atomic E-state index is 13.2. The molecule has 29 heavy (non-hydrogen) atoms. The maximum Gasteiger partial charge on any atom is 0.270 e. The molecule has 0 radical (unpaired) electrons. The van der Waals surface area contributed by atoms with Crippen molar-refractivity contribution in [2.45, 2.75) is 38.8 Å². The van der Waals surface area contributed by atoms with Crippen LogP contribution < -0.4 is 5.32 Å². The van der Waals surface area contributed by atoms with Crippen LogP contribution in [-0.4, -0.2) is 38.3 Å². The molecule has 1 atom stereocenters. The van der Waals surface area contributed by atoms with E-state index in [1.54, 1.807) is 12.4 Å². The first-order chi connectivity index (χ1) is 14.1. The number of carbonyl (C=O) groups excluding carboxylic acids is 1. The highest BCUT2D eigenvalue weighted by molar-refractivity contribution is 6.28. The summed E-state index contributed by atoms with van der Waals surface area (Å²) >= 11 is 5.74.